The molecule has 0 fully saturated rings. The number of carbonyl (C=O) groups excluding carboxylic acids is 1. The zero-order chi connectivity index (χ0) is 19.5. The molecule has 8 heteroatoms. The van der Waals surface area contributed by atoms with Crippen LogP contribution in [0.15, 0.2) is 69.5 Å². The predicted molar refractivity (Wildman–Crippen MR) is 104 cm³/mol. The van der Waals surface area contributed by atoms with Crippen molar-refractivity contribution in [3.63, 3.8) is 0 Å². The molecule has 140 valence electrons. The van der Waals surface area contributed by atoms with Crippen LogP contribution in [0.3, 0.4) is 0 Å². The number of hydrogen-bond donors (Lipinski definition) is 1. The number of nitrogens with zero attached hydrogens (tertiary/aromatic N) is 2. The van der Waals surface area contributed by atoms with Gasteiger partial charge in [-0.1, -0.05) is 18.2 Å². The quantitative estimate of drug-likeness (QED) is 0.551. The van der Waals surface area contributed by atoms with Crippen LogP contribution < -0.4 is 15.6 Å². The number of thiazole rings is 1. The van der Waals surface area contributed by atoms with E-state index in [2.05, 4.69) is 15.3 Å². The molecule has 1 N–H and O–H groups in total. The summed E-state index contributed by atoms with van der Waals surface area (Å²) in [6, 6.07) is 13.2. The Bertz CT molecular complexity index is 1220. The van der Waals surface area contributed by atoms with Crippen molar-refractivity contribution in [3.05, 3.63) is 77.0 Å². The lowest BCUT2D eigenvalue weighted by Gasteiger charge is -2.05. The Morgan fingerprint density at radius 1 is 1.25 bits per heavy atom. The second-order valence-electron chi connectivity index (χ2n) is 5.73. The Morgan fingerprint density at radius 3 is 2.86 bits per heavy atom. The molecule has 0 aliphatic carbocycles. The zero-order valence-corrected chi connectivity index (χ0v) is 15.5. The van der Waals surface area contributed by atoms with E-state index in [-0.39, 0.29) is 16.9 Å². The normalized spacial score (nSPS) is 11.6. The molecule has 0 aliphatic heterocycles. The number of aromatic nitrogens is 1. The molecule has 0 bridgehead atoms. The summed E-state index contributed by atoms with van der Waals surface area (Å²) in [5, 5.41) is 5.67. The van der Waals surface area contributed by atoms with E-state index in [4.69, 9.17) is 9.15 Å². The molecule has 0 saturated heterocycles. The molecule has 2 heterocycles. The van der Waals surface area contributed by atoms with Gasteiger partial charge in [-0.15, -0.1) is 11.3 Å². The number of benzene rings is 2. The highest BCUT2D eigenvalue weighted by molar-refractivity contribution is 7.13. The van der Waals surface area contributed by atoms with Gasteiger partial charge in [-0.3, -0.25) is 10.1 Å². The number of methoxy groups -OCH3 is 1. The van der Waals surface area contributed by atoms with E-state index in [0.717, 1.165) is 5.39 Å². The van der Waals surface area contributed by atoms with Crippen molar-refractivity contribution in [3.8, 4) is 5.75 Å². The summed E-state index contributed by atoms with van der Waals surface area (Å²) in [5.41, 5.74) is 1.13. The number of para-hydroxylation sites is 1. The number of hydrogen-bond acceptors (Lipinski definition) is 6. The summed E-state index contributed by atoms with van der Waals surface area (Å²) in [4.78, 5) is 21.2. The van der Waals surface area contributed by atoms with E-state index in [9.17, 15) is 9.18 Å². The van der Waals surface area contributed by atoms with Gasteiger partial charge < -0.3 is 9.15 Å². The van der Waals surface area contributed by atoms with Crippen LogP contribution in [0, 0.1) is 5.82 Å². The lowest BCUT2D eigenvalue weighted by atomic mass is 10.1. The van der Waals surface area contributed by atoms with Crippen LogP contribution in [0.2, 0.25) is 0 Å². The van der Waals surface area contributed by atoms with Crippen LogP contribution in [-0.2, 0) is 0 Å². The zero-order valence-electron chi connectivity index (χ0n) is 14.7. The summed E-state index contributed by atoms with van der Waals surface area (Å²) < 4.78 is 24.8. The van der Waals surface area contributed by atoms with E-state index in [0.29, 0.717) is 16.4 Å². The largest absolute Gasteiger partial charge is 0.494 e. The number of fused-ring (bicyclic) bond motifs is 1. The van der Waals surface area contributed by atoms with Gasteiger partial charge in [0.15, 0.2) is 16.7 Å². The fourth-order valence-corrected chi connectivity index (χ4v) is 3.13. The molecule has 4 rings (SSSR count). The summed E-state index contributed by atoms with van der Waals surface area (Å²) in [6.45, 7) is 0. The van der Waals surface area contributed by atoms with Crippen molar-refractivity contribution in [1.82, 2.24) is 4.98 Å². The Labute approximate surface area is 163 Å². The van der Waals surface area contributed by atoms with E-state index >= 15 is 0 Å². The van der Waals surface area contributed by atoms with Crippen molar-refractivity contribution in [2.75, 3.05) is 12.4 Å². The van der Waals surface area contributed by atoms with E-state index in [1.165, 1.54) is 30.6 Å². The van der Waals surface area contributed by atoms with E-state index in [1.54, 1.807) is 29.8 Å². The van der Waals surface area contributed by atoms with Crippen molar-refractivity contribution >= 4 is 39.0 Å². The monoisotopic (exact) mass is 395 g/mol. The number of amides is 1. The lowest BCUT2D eigenvalue weighted by Crippen LogP contribution is -2.21. The molecular formula is C20H14FN3O3S. The molecule has 0 saturated carbocycles. The average Bonchev–Trinajstić information content (AvgIpc) is 3.20. The van der Waals surface area contributed by atoms with Crippen LogP contribution in [0.1, 0.15) is 10.4 Å². The number of carbonyl (C=O) groups is 1. The number of rotatable bonds is 4. The minimum absolute atomic E-state index is 0.0670. The molecule has 28 heavy (non-hydrogen) atoms. The SMILES string of the molecule is COc1ccc(N=c2oc3ccccc3cc2C(=O)Nc2nccs2)cc1F. The third-order valence-electron chi connectivity index (χ3n) is 3.92. The van der Waals surface area contributed by atoms with Crippen molar-refractivity contribution in [2.45, 2.75) is 0 Å². The molecule has 0 atom stereocenters. The highest BCUT2D eigenvalue weighted by Crippen LogP contribution is 2.23. The first kappa shape index (κ1) is 17.9. The molecule has 0 unspecified atom stereocenters. The standard InChI is InChI=1S/C20H14FN3O3S/c1-26-17-7-6-13(11-15(17)21)23-19-14(18(25)24-20-22-8-9-28-20)10-12-4-2-3-5-16(12)27-19/h2-11H,1H3,(H,22,24,25). The number of ether oxygens (including phenoxy) is 1. The molecule has 0 radical (unpaired) electrons. The molecule has 2 aromatic heterocycles. The molecule has 1 amide bonds. The summed E-state index contributed by atoms with van der Waals surface area (Å²) in [6.07, 6.45) is 1.59. The summed E-state index contributed by atoms with van der Waals surface area (Å²) >= 11 is 1.30. The minimum atomic E-state index is -0.557. The Hall–Kier alpha value is -3.52. The molecule has 0 aliphatic rings. The maximum atomic E-state index is 14.0. The Balaban J connectivity index is 1.85. The molecule has 2 aromatic carbocycles. The van der Waals surface area contributed by atoms with Gasteiger partial charge in [-0.2, -0.15) is 0 Å². The maximum Gasteiger partial charge on any atom is 0.262 e. The first-order valence-corrected chi connectivity index (χ1v) is 9.14. The molecule has 6 nitrogen and oxygen atoms in total. The fourth-order valence-electron chi connectivity index (χ4n) is 2.61. The number of anilines is 1. The summed E-state index contributed by atoms with van der Waals surface area (Å²) in [5.74, 6) is -0.869. The lowest BCUT2D eigenvalue weighted by molar-refractivity contribution is 0.102. The Morgan fingerprint density at radius 2 is 2.11 bits per heavy atom. The van der Waals surface area contributed by atoms with Gasteiger partial charge in [-0.25, -0.2) is 14.4 Å². The number of nitrogens with one attached hydrogen (secondary N) is 1. The van der Waals surface area contributed by atoms with Crippen LogP contribution in [-0.4, -0.2) is 18.0 Å². The number of halogens is 1. The van der Waals surface area contributed by atoms with Crippen molar-refractivity contribution < 1.29 is 18.3 Å². The van der Waals surface area contributed by atoms with Crippen LogP contribution >= 0.6 is 11.3 Å². The second kappa shape index (κ2) is 7.61. The highest BCUT2D eigenvalue weighted by atomic mass is 32.1. The van der Waals surface area contributed by atoms with Gasteiger partial charge in [0.2, 0.25) is 5.55 Å². The van der Waals surface area contributed by atoms with Gasteiger partial charge in [0, 0.05) is 23.0 Å². The van der Waals surface area contributed by atoms with Gasteiger partial charge in [-0.05, 0) is 24.3 Å². The summed E-state index contributed by atoms with van der Waals surface area (Å²) in [7, 11) is 1.38. The first-order valence-electron chi connectivity index (χ1n) is 8.26. The third-order valence-corrected chi connectivity index (χ3v) is 4.61. The minimum Gasteiger partial charge on any atom is -0.494 e. The smallest absolute Gasteiger partial charge is 0.262 e. The van der Waals surface area contributed by atoms with Crippen LogP contribution in [0.4, 0.5) is 15.2 Å². The van der Waals surface area contributed by atoms with Crippen molar-refractivity contribution in [2.24, 2.45) is 4.99 Å². The van der Waals surface area contributed by atoms with Gasteiger partial charge in [0.05, 0.1) is 12.8 Å². The average molecular weight is 395 g/mol. The van der Waals surface area contributed by atoms with Gasteiger partial charge in [0.25, 0.3) is 5.91 Å². The van der Waals surface area contributed by atoms with E-state index in [1.807, 2.05) is 18.2 Å². The fraction of sp³-hybridized carbons (Fsp3) is 0.0500. The maximum absolute atomic E-state index is 14.0. The molecular weight excluding hydrogens is 381 g/mol. The van der Waals surface area contributed by atoms with Crippen LogP contribution in [0.5, 0.6) is 5.75 Å². The van der Waals surface area contributed by atoms with Gasteiger partial charge in [0.1, 0.15) is 11.1 Å². The molecule has 4 aromatic rings. The predicted octanol–water partition coefficient (Wildman–Crippen LogP) is 4.52. The second-order valence-corrected chi connectivity index (χ2v) is 6.62. The van der Waals surface area contributed by atoms with Crippen LogP contribution in [0.25, 0.3) is 11.0 Å². The topological polar surface area (TPSA) is 76.7 Å². The molecule has 0 spiro atoms. The first-order chi connectivity index (χ1) is 13.6. The third kappa shape index (κ3) is 3.63. The Kier molecular flexibility index (Phi) is 4.86. The highest BCUT2D eigenvalue weighted by Gasteiger charge is 2.14. The van der Waals surface area contributed by atoms with Crippen molar-refractivity contribution in [1.29, 1.82) is 0 Å². The van der Waals surface area contributed by atoms with E-state index < -0.39 is 11.7 Å². The van der Waals surface area contributed by atoms with Gasteiger partial charge >= 0.3 is 0 Å².